The Labute approximate surface area is 513 Å². The number of nitrogens with two attached hydrogens (primary N) is 2. The van der Waals surface area contributed by atoms with Gasteiger partial charge in [0.1, 0.15) is 17.3 Å². The van der Waals surface area contributed by atoms with E-state index in [0.717, 1.165) is 6.54 Å². The zero-order chi connectivity index (χ0) is 68.0. The lowest BCUT2D eigenvalue weighted by atomic mass is 9.90. The van der Waals surface area contributed by atoms with Gasteiger partial charge in [-0.1, -0.05) is 151 Å². The van der Waals surface area contributed by atoms with Crippen LogP contribution < -0.4 is 11.5 Å². The number of rotatable bonds is 7. The molecule has 0 aliphatic carbocycles. The first kappa shape index (κ1) is 94.7. The molecule has 3 atom stereocenters. The van der Waals surface area contributed by atoms with Gasteiger partial charge in [-0.25, -0.2) is 0 Å². The van der Waals surface area contributed by atoms with E-state index in [1.807, 2.05) is 172 Å². The maximum absolute atomic E-state index is 9.82. The molecule has 0 rings (SSSR count). The molecular weight excluding hydrogens is 1010 g/mol. The van der Waals surface area contributed by atoms with Gasteiger partial charge >= 0.3 is 0 Å². The van der Waals surface area contributed by atoms with E-state index in [9.17, 15) is 15.3 Å². The first-order chi connectivity index (χ1) is 35.7. The molecule has 9 N–H and O–H groups in total. The Morgan fingerprint density at radius 1 is 0.476 bits per heavy atom. The van der Waals surface area contributed by atoms with Crippen LogP contribution in [0, 0.1) is 143 Å². The summed E-state index contributed by atoms with van der Waals surface area (Å²) in [5, 5.41) is 46.3. The SMILES string of the molecule is C=CC(C)(C)C.CC(C)(C)C#CC(C)(C)CO.CC(C)(C)C#CC(C)(C)N.CC(C)(C)C#C[C@@H](N)CO.CC(C)C(C)(O)C#CC(C)(C)C.CC(C)C(O)C#CC(C)(C)C.CCC(O)(C#CC(C)(C)C)CC.CN(C)CC#CC(C)(C)C. The van der Waals surface area contributed by atoms with Crippen molar-refractivity contribution in [3.05, 3.63) is 12.7 Å². The van der Waals surface area contributed by atoms with Crippen LogP contribution in [0.2, 0.25) is 0 Å². The molecule has 8 heteroatoms. The molecule has 0 radical (unpaired) electrons. The van der Waals surface area contributed by atoms with Crippen LogP contribution in [0.1, 0.15) is 255 Å². The summed E-state index contributed by atoms with van der Waals surface area (Å²) in [6, 6.07) is -0.390. The molecule has 8 nitrogen and oxygen atoms in total. The summed E-state index contributed by atoms with van der Waals surface area (Å²) in [6.07, 6.45) is 2.86. The Morgan fingerprint density at radius 3 is 1.01 bits per heavy atom. The summed E-state index contributed by atoms with van der Waals surface area (Å²) in [5.74, 6) is 42.4. The van der Waals surface area contributed by atoms with Crippen molar-refractivity contribution in [2.24, 2.45) is 72.0 Å². The smallest absolute Gasteiger partial charge is 0.125 e. The van der Waals surface area contributed by atoms with Crippen LogP contribution in [0.15, 0.2) is 12.7 Å². The van der Waals surface area contributed by atoms with Crippen molar-refractivity contribution < 1.29 is 25.5 Å². The lowest BCUT2D eigenvalue weighted by Gasteiger charge is -2.21. The zero-order valence-electron chi connectivity index (χ0n) is 61.0. The molecule has 0 spiro atoms. The molecule has 478 valence electrons. The van der Waals surface area contributed by atoms with E-state index in [-0.39, 0.29) is 80.0 Å². The molecule has 2 unspecified atom stereocenters. The van der Waals surface area contributed by atoms with Gasteiger partial charge in [0.25, 0.3) is 0 Å². The van der Waals surface area contributed by atoms with Crippen molar-refractivity contribution in [1.82, 2.24) is 4.90 Å². The van der Waals surface area contributed by atoms with Crippen molar-refractivity contribution in [2.45, 2.75) is 284 Å². The van der Waals surface area contributed by atoms with Crippen molar-refractivity contribution in [3.8, 4) is 82.9 Å². The van der Waals surface area contributed by atoms with Crippen molar-refractivity contribution in [1.29, 1.82) is 0 Å². The Hall–Kier alpha value is -3.66. The third-order valence-corrected chi connectivity index (χ3v) is 9.11. The van der Waals surface area contributed by atoms with Crippen LogP contribution in [0.3, 0.4) is 0 Å². The molecule has 0 heterocycles. The van der Waals surface area contributed by atoms with Crippen LogP contribution in [0.5, 0.6) is 0 Å². The van der Waals surface area contributed by atoms with Crippen LogP contribution in [-0.2, 0) is 0 Å². The summed E-state index contributed by atoms with van der Waals surface area (Å²) in [7, 11) is 4.05. The van der Waals surface area contributed by atoms with E-state index in [1.165, 1.54) is 0 Å². The minimum Gasteiger partial charge on any atom is -0.395 e. The number of allylic oxidation sites excluding steroid dienone is 1. The molecule has 0 saturated heterocycles. The van der Waals surface area contributed by atoms with E-state index in [4.69, 9.17) is 21.7 Å². The predicted octanol–water partition coefficient (Wildman–Crippen LogP) is 15.1. The normalized spacial score (nSPS) is 13.1. The Bertz CT molecular complexity index is 2100. The first-order valence-corrected chi connectivity index (χ1v) is 29.6. The first-order valence-electron chi connectivity index (χ1n) is 29.6. The second-order valence-electron chi connectivity index (χ2n) is 31.7. The molecule has 0 fully saturated rings. The second-order valence-corrected chi connectivity index (χ2v) is 31.7. The minimum absolute atomic E-state index is 0.00410. The fraction of sp³-hybridized carbons (Fsp3) is 0.784. The monoisotopic (exact) mass is 1150 g/mol. The van der Waals surface area contributed by atoms with Crippen LogP contribution in [0.4, 0.5) is 0 Å². The highest BCUT2D eigenvalue weighted by atomic mass is 16.3. The average molecular weight is 1150 g/mol. The maximum Gasteiger partial charge on any atom is 0.125 e. The van der Waals surface area contributed by atoms with Gasteiger partial charge in [0.15, 0.2) is 0 Å². The van der Waals surface area contributed by atoms with Gasteiger partial charge in [0.2, 0.25) is 0 Å². The molecule has 0 aliphatic heterocycles. The molecule has 0 aromatic carbocycles. The highest BCUT2D eigenvalue weighted by molar-refractivity contribution is 5.19. The van der Waals surface area contributed by atoms with Gasteiger partial charge in [0, 0.05) is 43.3 Å². The standard InChI is InChI=1S/2C11H20O.2C10H18O.2C9H17N.C8H15NO.C6H12/c1-9(2)11(6,12)8-7-10(3,4)5;1-6-11(12,7-2)9-8-10(3,4)5;1-9(2,3)6-7-10(4,5)8-11;1-8(2)9(11)6-7-10(3,4)5;1-9(2,3)7-6-8-10(4)5;1-8(2,3)6-7-9(4,5)10;1-8(2,3)5-4-7(9)6-10;1-5-6(2,3)4/h9,12H,1-6H3;12H,6-7H2,1-5H3;11H,8H2,1-5H3;8-9,11H,1-5H3;8H2,1-5H3;10H2,1-5H3;7,10H,6,9H2,1-3H3;5H,1H2,2-4H3/t;;;;;;7-;/m......1./s1. The molecule has 0 bridgehead atoms. The summed E-state index contributed by atoms with van der Waals surface area (Å²) < 4.78 is 0. The fourth-order valence-corrected chi connectivity index (χ4v) is 3.21. The van der Waals surface area contributed by atoms with E-state index in [0.29, 0.717) is 18.3 Å². The van der Waals surface area contributed by atoms with Gasteiger partial charge in [-0.05, 0) is 224 Å². The van der Waals surface area contributed by atoms with Gasteiger partial charge in [-0.2, -0.15) is 0 Å². The number of hydrogen-bond donors (Lipinski definition) is 7. The highest BCUT2D eigenvalue weighted by Crippen LogP contribution is 2.20. The number of aliphatic hydroxyl groups is 5. The quantitative estimate of drug-likeness (QED) is 0.0981. The molecule has 0 amide bonds. The van der Waals surface area contributed by atoms with Crippen LogP contribution >= 0.6 is 0 Å². The zero-order valence-corrected chi connectivity index (χ0v) is 61.0. The van der Waals surface area contributed by atoms with Gasteiger partial charge in [0.05, 0.1) is 31.3 Å². The van der Waals surface area contributed by atoms with E-state index in [2.05, 4.69) is 177 Å². The van der Waals surface area contributed by atoms with Crippen LogP contribution in [-0.4, -0.2) is 93.2 Å². The molecule has 0 aromatic heterocycles. The van der Waals surface area contributed by atoms with E-state index in [1.54, 1.807) is 6.92 Å². The Balaban J connectivity index is -0.000000128. The molecule has 0 aliphatic rings. The van der Waals surface area contributed by atoms with Gasteiger partial charge in [-0.3, -0.25) is 4.90 Å². The third kappa shape index (κ3) is 95.6. The van der Waals surface area contributed by atoms with Crippen molar-refractivity contribution >= 4 is 0 Å². The lowest BCUT2D eigenvalue weighted by molar-refractivity contribution is 0.0722. The van der Waals surface area contributed by atoms with E-state index >= 15 is 0 Å². The summed E-state index contributed by atoms with van der Waals surface area (Å²) in [4.78, 5) is 2.07. The highest BCUT2D eigenvalue weighted by Gasteiger charge is 2.22. The Kier molecular flexibility index (Phi) is 48.7. The van der Waals surface area contributed by atoms with Gasteiger partial charge < -0.3 is 37.0 Å². The fourth-order valence-electron chi connectivity index (χ4n) is 3.21. The van der Waals surface area contributed by atoms with Gasteiger partial charge in [-0.15, -0.1) is 6.58 Å². The van der Waals surface area contributed by atoms with Crippen LogP contribution in [0.25, 0.3) is 0 Å². The summed E-state index contributed by atoms with van der Waals surface area (Å²) in [5.41, 5.74) is 9.28. The Morgan fingerprint density at radius 2 is 0.780 bits per heavy atom. The molecule has 0 aromatic rings. The third-order valence-electron chi connectivity index (χ3n) is 9.11. The number of nitrogens with zero attached hydrogens (tertiary/aromatic N) is 1. The minimum atomic E-state index is -0.854. The second kappa shape index (κ2) is 42.2. The largest absolute Gasteiger partial charge is 0.395 e. The average Bonchev–Trinajstić information content (AvgIpc) is 3.26. The number of hydrogen-bond acceptors (Lipinski definition) is 8. The molecule has 0 saturated carbocycles. The van der Waals surface area contributed by atoms with E-state index < -0.39 is 17.3 Å². The van der Waals surface area contributed by atoms with Crippen molar-refractivity contribution in [3.63, 3.8) is 0 Å². The number of aliphatic hydroxyl groups excluding tert-OH is 3. The predicted molar refractivity (Wildman–Crippen MR) is 365 cm³/mol. The molecule has 82 heavy (non-hydrogen) atoms. The van der Waals surface area contributed by atoms with Crippen molar-refractivity contribution in [2.75, 3.05) is 33.9 Å². The maximum atomic E-state index is 9.82. The lowest BCUT2D eigenvalue weighted by Crippen LogP contribution is -2.29. The summed E-state index contributed by atoms with van der Waals surface area (Å²) in [6.45, 7) is 75.3. The topological polar surface area (TPSA) is 156 Å². The summed E-state index contributed by atoms with van der Waals surface area (Å²) >= 11 is 0. The molecular formula is C74H137N3O5.